The fourth-order valence-corrected chi connectivity index (χ4v) is 4.37. The molecule has 9 heteroatoms. The van der Waals surface area contributed by atoms with Gasteiger partial charge in [0.15, 0.2) is 0 Å². The number of carbonyl (C=O) groups excluding carboxylic acids is 1. The lowest BCUT2D eigenvalue weighted by Gasteiger charge is -2.24. The van der Waals surface area contributed by atoms with Gasteiger partial charge in [-0.15, -0.1) is 11.3 Å². The minimum absolute atomic E-state index is 0.0682. The maximum Gasteiger partial charge on any atom is 0.257 e. The molecule has 33 heavy (non-hydrogen) atoms. The molecule has 8 nitrogen and oxygen atoms in total. The third-order valence-corrected chi connectivity index (χ3v) is 6.49. The fourth-order valence-electron chi connectivity index (χ4n) is 3.54. The lowest BCUT2D eigenvalue weighted by molar-refractivity contribution is 0.0739. The maximum absolute atomic E-state index is 13.4. The standard InChI is InChI=1S/C24H25N5O3S/c1-16(22-10-7-13-33-22)28(2)23(30)18-14-26-29(20(18)15-31-3)24-25-12-11-19(27-24)17-8-5-6-9-21(17)32-4/h5-14,16H,15H2,1-4H3/t16-/m0/s1. The molecule has 3 heterocycles. The molecule has 3 aromatic heterocycles. The number of methoxy groups -OCH3 is 2. The number of amides is 1. The van der Waals surface area contributed by atoms with Crippen LogP contribution in [0, 0.1) is 0 Å². The largest absolute Gasteiger partial charge is 0.496 e. The monoisotopic (exact) mass is 463 g/mol. The van der Waals surface area contributed by atoms with Gasteiger partial charge in [-0.3, -0.25) is 4.79 Å². The summed E-state index contributed by atoms with van der Waals surface area (Å²) in [6.45, 7) is 2.19. The molecule has 0 radical (unpaired) electrons. The van der Waals surface area contributed by atoms with Gasteiger partial charge in [0.05, 0.1) is 42.9 Å². The lowest BCUT2D eigenvalue weighted by Crippen LogP contribution is -2.30. The van der Waals surface area contributed by atoms with Crippen molar-refractivity contribution in [3.63, 3.8) is 0 Å². The highest BCUT2D eigenvalue weighted by atomic mass is 32.1. The minimum Gasteiger partial charge on any atom is -0.496 e. The summed E-state index contributed by atoms with van der Waals surface area (Å²) in [6.07, 6.45) is 3.21. The Morgan fingerprint density at radius 1 is 1.18 bits per heavy atom. The molecular formula is C24H25N5O3S. The van der Waals surface area contributed by atoms with E-state index >= 15 is 0 Å². The van der Waals surface area contributed by atoms with Crippen molar-refractivity contribution in [2.75, 3.05) is 21.3 Å². The van der Waals surface area contributed by atoms with E-state index in [-0.39, 0.29) is 18.6 Å². The van der Waals surface area contributed by atoms with Crippen LogP contribution in [-0.2, 0) is 11.3 Å². The Labute approximate surface area is 196 Å². The minimum atomic E-state index is -0.143. The van der Waals surface area contributed by atoms with Crippen LogP contribution < -0.4 is 4.74 Å². The molecule has 4 rings (SSSR count). The number of rotatable bonds is 8. The Morgan fingerprint density at radius 2 is 2.00 bits per heavy atom. The Morgan fingerprint density at radius 3 is 2.73 bits per heavy atom. The second-order valence-electron chi connectivity index (χ2n) is 7.40. The van der Waals surface area contributed by atoms with E-state index in [9.17, 15) is 4.79 Å². The first-order valence-electron chi connectivity index (χ1n) is 10.4. The zero-order valence-corrected chi connectivity index (χ0v) is 19.7. The molecule has 0 unspecified atom stereocenters. The van der Waals surface area contributed by atoms with E-state index in [1.807, 2.05) is 54.8 Å². The van der Waals surface area contributed by atoms with Gasteiger partial charge in [0.25, 0.3) is 11.9 Å². The fraction of sp³-hybridized carbons (Fsp3) is 0.250. The van der Waals surface area contributed by atoms with Crippen LogP contribution in [0.4, 0.5) is 0 Å². The molecule has 0 N–H and O–H groups in total. The number of thiophene rings is 1. The van der Waals surface area contributed by atoms with E-state index in [1.54, 1.807) is 54.6 Å². The van der Waals surface area contributed by atoms with Crippen LogP contribution in [0.15, 0.2) is 60.2 Å². The van der Waals surface area contributed by atoms with Crippen molar-refractivity contribution >= 4 is 17.2 Å². The number of hydrogen-bond donors (Lipinski definition) is 0. The topological polar surface area (TPSA) is 82.4 Å². The molecule has 0 spiro atoms. The Hall–Kier alpha value is -3.56. The van der Waals surface area contributed by atoms with Gasteiger partial charge in [0, 0.05) is 30.8 Å². The zero-order valence-electron chi connectivity index (χ0n) is 18.9. The summed E-state index contributed by atoms with van der Waals surface area (Å²) in [5.74, 6) is 0.910. The summed E-state index contributed by atoms with van der Waals surface area (Å²) in [4.78, 5) is 25.3. The molecule has 0 saturated carbocycles. The highest BCUT2D eigenvalue weighted by Crippen LogP contribution is 2.29. The molecular weight excluding hydrogens is 438 g/mol. The third kappa shape index (κ3) is 4.50. The number of para-hydroxylation sites is 1. The normalized spacial score (nSPS) is 11.9. The number of carbonyl (C=O) groups is 1. The van der Waals surface area contributed by atoms with Gasteiger partial charge in [-0.2, -0.15) is 9.78 Å². The third-order valence-electron chi connectivity index (χ3n) is 5.45. The van der Waals surface area contributed by atoms with Crippen molar-refractivity contribution in [1.29, 1.82) is 0 Å². The molecule has 0 saturated heterocycles. The zero-order chi connectivity index (χ0) is 23.4. The Bertz CT molecular complexity index is 1240. The summed E-state index contributed by atoms with van der Waals surface area (Å²) in [5.41, 5.74) is 2.57. The number of ether oxygens (including phenoxy) is 2. The van der Waals surface area contributed by atoms with Crippen LogP contribution in [0.25, 0.3) is 17.2 Å². The lowest BCUT2D eigenvalue weighted by atomic mass is 10.1. The summed E-state index contributed by atoms with van der Waals surface area (Å²) in [5, 5.41) is 6.45. The average molecular weight is 464 g/mol. The smallest absolute Gasteiger partial charge is 0.257 e. The van der Waals surface area contributed by atoms with E-state index < -0.39 is 0 Å². The van der Waals surface area contributed by atoms with Crippen molar-refractivity contribution in [2.45, 2.75) is 19.6 Å². The summed E-state index contributed by atoms with van der Waals surface area (Å²) < 4.78 is 12.4. The molecule has 1 aromatic carbocycles. The van der Waals surface area contributed by atoms with Crippen LogP contribution in [0.5, 0.6) is 5.75 Å². The second-order valence-corrected chi connectivity index (χ2v) is 8.38. The van der Waals surface area contributed by atoms with Crippen molar-refractivity contribution in [2.24, 2.45) is 0 Å². The molecule has 1 amide bonds. The molecule has 0 bridgehead atoms. The van der Waals surface area contributed by atoms with E-state index in [2.05, 4.69) is 15.1 Å². The molecule has 170 valence electrons. The second kappa shape index (κ2) is 9.93. The first kappa shape index (κ1) is 22.6. The predicted octanol–water partition coefficient (Wildman–Crippen LogP) is 4.38. The van der Waals surface area contributed by atoms with E-state index in [1.165, 1.54) is 0 Å². The van der Waals surface area contributed by atoms with Gasteiger partial charge in [0.2, 0.25) is 0 Å². The van der Waals surface area contributed by atoms with Crippen molar-refractivity contribution in [3.8, 4) is 23.0 Å². The van der Waals surface area contributed by atoms with Gasteiger partial charge in [-0.1, -0.05) is 18.2 Å². The first-order chi connectivity index (χ1) is 16.0. The van der Waals surface area contributed by atoms with Gasteiger partial charge >= 0.3 is 0 Å². The first-order valence-corrected chi connectivity index (χ1v) is 11.3. The van der Waals surface area contributed by atoms with Gasteiger partial charge in [0.1, 0.15) is 5.75 Å². The summed E-state index contributed by atoms with van der Waals surface area (Å²) in [6, 6.07) is 13.4. The molecule has 0 aliphatic carbocycles. The highest BCUT2D eigenvalue weighted by Gasteiger charge is 2.26. The Kier molecular flexibility index (Phi) is 6.81. The molecule has 1 atom stereocenters. The van der Waals surface area contributed by atoms with Crippen LogP contribution in [0.2, 0.25) is 0 Å². The van der Waals surface area contributed by atoms with Crippen molar-refractivity contribution in [1.82, 2.24) is 24.6 Å². The van der Waals surface area contributed by atoms with E-state index in [4.69, 9.17) is 9.47 Å². The average Bonchev–Trinajstić information content (AvgIpc) is 3.53. The van der Waals surface area contributed by atoms with Gasteiger partial charge in [-0.25, -0.2) is 9.97 Å². The quantitative estimate of drug-likeness (QED) is 0.386. The number of benzene rings is 1. The number of hydrogen-bond acceptors (Lipinski definition) is 7. The Balaban J connectivity index is 1.71. The molecule has 0 aliphatic rings. The molecule has 4 aromatic rings. The maximum atomic E-state index is 13.4. The van der Waals surface area contributed by atoms with Gasteiger partial charge < -0.3 is 14.4 Å². The predicted molar refractivity (Wildman–Crippen MR) is 127 cm³/mol. The van der Waals surface area contributed by atoms with Crippen LogP contribution >= 0.6 is 11.3 Å². The van der Waals surface area contributed by atoms with Crippen molar-refractivity contribution in [3.05, 3.63) is 76.4 Å². The number of nitrogens with zero attached hydrogens (tertiary/aromatic N) is 5. The van der Waals surface area contributed by atoms with E-state index in [0.717, 1.165) is 10.4 Å². The SMILES string of the molecule is COCc1c(C(=O)N(C)[C@@H](C)c2cccs2)cnn1-c1nccc(-c2ccccc2OC)n1. The van der Waals surface area contributed by atoms with Crippen molar-refractivity contribution < 1.29 is 14.3 Å². The highest BCUT2D eigenvalue weighted by molar-refractivity contribution is 7.10. The molecule has 0 fully saturated rings. The van der Waals surface area contributed by atoms with Crippen LogP contribution in [0.1, 0.15) is 33.9 Å². The van der Waals surface area contributed by atoms with Gasteiger partial charge in [-0.05, 0) is 36.6 Å². The molecule has 0 aliphatic heterocycles. The summed E-state index contributed by atoms with van der Waals surface area (Å²) >= 11 is 1.62. The van der Waals surface area contributed by atoms with E-state index in [0.29, 0.717) is 28.6 Å². The van der Waals surface area contributed by atoms with Crippen LogP contribution in [-0.4, -0.2) is 51.8 Å². The van der Waals surface area contributed by atoms with Crippen LogP contribution in [0.3, 0.4) is 0 Å². The number of aromatic nitrogens is 4. The summed E-state index contributed by atoms with van der Waals surface area (Å²) in [7, 11) is 4.99.